The Kier molecular flexibility index (Phi) is 3.56. The van der Waals surface area contributed by atoms with Crippen molar-refractivity contribution in [2.45, 2.75) is 24.8 Å². The van der Waals surface area contributed by atoms with Gasteiger partial charge in [0.1, 0.15) is 5.76 Å². The molecule has 4 heterocycles. The number of para-hydroxylation sites is 3. The molecular weight excluding hydrogens is 400 g/mol. The maximum absolute atomic E-state index is 13.7. The molecular formula is C26H20N4O2. The van der Waals surface area contributed by atoms with E-state index in [-0.39, 0.29) is 17.7 Å². The van der Waals surface area contributed by atoms with E-state index >= 15 is 0 Å². The molecule has 2 aromatic carbocycles. The molecule has 5 aromatic rings. The third-order valence-corrected chi connectivity index (χ3v) is 6.76. The van der Waals surface area contributed by atoms with Crippen molar-refractivity contribution < 1.29 is 9.21 Å². The number of anilines is 1. The van der Waals surface area contributed by atoms with Crippen molar-refractivity contribution in [2.24, 2.45) is 0 Å². The Hall–Kier alpha value is -4.06. The van der Waals surface area contributed by atoms with Crippen LogP contribution in [0.1, 0.15) is 36.1 Å². The number of hydrogen-bond donors (Lipinski definition) is 2. The summed E-state index contributed by atoms with van der Waals surface area (Å²) < 4.78 is 7.82. The van der Waals surface area contributed by atoms with Crippen molar-refractivity contribution in [3.05, 3.63) is 95.7 Å². The fourth-order valence-corrected chi connectivity index (χ4v) is 5.36. The van der Waals surface area contributed by atoms with Crippen LogP contribution in [-0.2, 0) is 4.79 Å². The van der Waals surface area contributed by atoms with E-state index in [9.17, 15) is 4.79 Å². The molecule has 0 saturated heterocycles. The first-order valence-corrected chi connectivity index (χ1v) is 10.9. The zero-order chi connectivity index (χ0) is 21.2. The molecule has 0 bridgehead atoms. The Balaban J connectivity index is 1.48. The molecule has 0 radical (unpaired) electrons. The molecule has 7 rings (SSSR count). The van der Waals surface area contributed by atoms with Crippen LogP contribution in [0, 0.1) is 0 Å². The normalized spacial score (nSPS) is 20.4. The maximum Gasteiger partial charge on any atom is 0.209 e. The Labute approximate surface area is 183 Å². The number of imidazole rings is 1. The van der Waals surface area contributed by atoms with Gasteiger partial charge in [0.05, 0.1) is 23.3 Å². The third-order valence-electron chi connectivity index (χ3n) is 6.76. The highest BCUT2D eigenvalue weighted by Gasteiger charge is 2.40. The van der Waals surface area contributed by atoms with Crippen molar-refractivity contribution in [1.29, 1.82) is 0 Å². The monoisotopic (exact) mass is 420 g/mol. The number of carbonyl (C=O) groups is 1. The summed E-state index contributed by atoms with van der Waals surface area (Å²) in [6, 6.07) is 19.9. The summed E-state index contributed by atoms with van der Waals surface area (Å²) in [6.45, 7) is 0. The van der Waals surface area contributed by atoms with Crippen molar-refractivity contribution in [3.8, 4) is 0 Å². The van der Waals surface area contributed by atoms with Crippen LogP contribution in [0.5, 0.6) is 0 Å². The van der Waals surface area contributed by atoms with Crippen LogP contribution < -0.4 is 5.32 Å². The number of hydrogen-bond acceptors (Lipinski definition) is 4. The van der Waals surface area contributed by atoms with E-state index in [1.54, 1.807) is 6.26 Å². The van der Waals surface area contributed by atoms with Gasteiger partial charge in [-0.2, -0.15) is 0 Å². The highest BCUT2D eigenvalue weighted by atomic mass is 16.3. The van der Waals surface area contributed by atoms with Gasteiger partial charge in [-0.15, -0.1) is 0 Å². The van der Waals surface area contributed by atoms with Crippen molar-refractivity contribution in [1.82, 2.24) is 14.5 Å². The standard InChI is InChI=1S/C26H20N4O2/c31-22-13-15(23-10-5-11-32-23)12-20-24(22)25(17-14-27-18-7-2-1-6-16(17)18)30-21-9-4-3-8-19(21)28-26(30)29-20/h1-11,14-15,25,27H,12-13H2,(H,28,29)/t15-,25-/m0/s1. The second kappa shape index (κ2) is 6.47. The molecule has 2 N–H and O–H groups in total. The van der Waals surface area contributed by atoms with Gasteiger partial charge in [-0.05, 0) is 36.8 Å². The second-order valence-corrected chi connectivity index (χ2v) is 8.55. The molecule has 6 nitrogen and oxygen atoms in total. The number of furan rings is 1. The van der Waals surface area contributed by atoms with Crippen molar-refractivity contribution in [2.75, 3.05) is 5.32 Å². The number of ketones is 1. The Morgan fingerprint density at radius 1 is 1.00 bits per heavy atom. The number of aromatic nitrogens is 3. The Morgan fingerprint density at radius 3 is 2.78 bits per heavy atom. The molecule has 0 saturated carbocycles. The SMILES string of the molecule is O=C1C[C@@H](c2ccco2)CC2=C1[C@H](c1c[nH]c3ccccc13)n1c(nc3ccccc31)N2. The lowest BCUT2D eigenvalue weighted by Crippen LogP contribution is -2.33. The third kappa shape index (κ3) is 2.40. The maximum atomic E-state index is 13.7. The summed E-state index contributed by atoms with van der Waals surface area (Å²) in [6.07, 6.45) is 4.87. The zero-order valence-corrected chi connectivity index (χ0v) is 17.2. The van der Waals surface area contributed by atoms with E-state index in [4.69, 9.17) is 9.40 Å². The average Bonchev–Trinajstić information content (AvgIpc) is 3.55. The minimum Gasteiger partial charge on any atom is -0.469 e. The molecule has 32 heavy (non-hydrogen) atoms. The number of aromatic amines is 1. The topological polar surface area (TPSA) is 75.8 Å². The minimum atomic E-state index is -0.241. The van der Waals surface area contributed by atoms with Gasteiger partial charge in [-0.1, -0.05) is 30.3 Å². The Morgan fingerprint density at radius 2 is 1.88 bits per heavy atom. The number of nitrogens with zero attached hydrogens (tertiary/aromatic N) is 2. The number of allylic oxidation sites excluding steroid dienone is 2. The molecule has 3 aromatic heterocycles. The first-order valence-electron chi connectivity index (χ1n) is 10.9. The molecule has 1 aliphatic heterocycles. The highest BCUT2D eigenvalue weighted by Crippen LogP contribution is 2.47. The lowest BCUT2D eigenvalue weighted by Gasteiger charge is -2.35. The molecule has 0 amide bonds. The summed E-state index contributed by atoms with van der Waals surface area (Å²) in [5.74, 6) is 1.81. The average molecular weight is 420 g/mol. The van der Waals surface area contributed by atoms with Crippen LogP contribution >= 0.6 is 0 Å². The van der Waals surface area contributed by atoms with E-state index in [0.717, 1.165) is 56.9 Å². The number of nitrogens with one attached hydrogen (secondary N) is 2. The number of fused-ring (bicyclic) bond motifs is 4. The van der Waals surface area contributed by atoms with Crippen molar-refractivity contribution >= 4 is 33.7 Å². The summed E-state index contributed by atoms with van der Waals surface area (Å²) in [5.41, 5.74) is 5.84. The highest BCUT2D eigenvalue weighted by molar-refractivity contribution is 6.02. The predicted molar refractivity (Wildman–Crippen MR) is 123 cm³/mol. The van der Waals surface area contributed by atoms with Gasteiger partial charge < -0.3 is 14.7 Å². The van der Waals surface area contributed by atoms with Gasteiger partial charge in [0.25, 0.3) is 0 Å². The van der Waals surface area contributed by atoms with Gasteiger partial charge in [-0.25, -0.2) is 4.98 Å². The quantitative estimate of drug-likeness (QED) is 0.394. The second-order valence-electron chi connectivity index (χ2n) is 8.55. The van der Waals surface area contributed by atoms with Crippen molar-refractivity contribution in [3.63, 3.8) is 0 Å². The zero-order valence-electron chi connectivity index (χ0n) is 17.2. The predicted octanol–water partition coefficient (Wildman–Crippen LogP) is 5.53. The number of H-pyrrole nitrogens is 1. The van der Waals surface area contributed by atoms with Crippen LogP contribution in [0.3, 0.4) is 0 Å². The van der Waals surface area contributed by atoms with E-state index < -0.39 is 0 Å². The van der Waals surface area contributed by atoms with E-state index in [0.29, 0.717) is 6.42 Å². The number of benzene rings is 2. The largest absolute Gasteiger partial charge is 0.469 e. The van der Waals surface area contributed by atoms with E-state index in [2.05, 4.69) is 33.1 Å². The van der Waals surface area contributed by atoms with Crippen LogP contribution in [0.25, 0.3) is 21.9 Å². The molecule has 6 heteroatoms. The summed E-state index contributed by atoms with van der Waals surface area (Å²) in [4.78, 5) is 21.9. The van der Waals surface area contributed by atoms with Gasteiger partial charge in [-0.3, -0.25) is 9.36 Å². The van der Waals surface area contributed by atoms with Crippen LogP contribution in [0.2, 0.25) is 0 Å². The summed E-state index contributed by atoms with van der Waals surface area (Å²) >= 11 is 0. The van der Waals surface area contributed by atoms with Gasteiger partial charge in [0, 0.05) is 46.3 Å². The van der Waals surface area contributed by atoms with Gasteiger partial charge in [0.2, 0.25) is 5.95 Å². The number of Topliss-reactive ketones (excluding diaryl/α,β-unsaturated/α-hetero) is 1. The lowest BCUT2D eigenvalue weighted by atomic mass is 9.79. The first-order chi connectivity index (χ1) is 15.8. The fraction of sp³-hybridized carbons (Fsp3) is 0.154. The Bertz CT molecular complexity index is 1540. The van der Waals surface area contributed by atoms with Gasteiger partial charge in [0.15, 0.2) is 5.78 Å². The molecule has 0 unspecified atom stereocenters. The van der Waals surface area contributed by atoms with Crippen LogP contribution in [0.15, 0.2) is 88.8 Å². The minimum absolute atomic E-state index is 0.0308. The van der Waals surface area contributed by atoms with Crippen LogP contribution in [0.4, 0.5) is 5.95 Å². The van der Waals surface area contributed by atoms with Gasteiger partial charge >= 0.3 is 0 Å². The lowest BCUT2D eigenvalue weighted by molar-refractivity contribution is -0.116. The molecule has 2 atom stereocenters. The number of carbonyl (C=O) groups excluding carboxylic acids is 1. The molecule has 1 aliphatic carbocycles. The number of rotatable bonds is 2. The smallest absolute Gasteiger partial charge is 0.209 e. The molecule has 0 fully saturated rings. The van der Waals surface area contributed by atoms with Crippen LogP contribution in [-0.4, -0.2) is 20.3 Å². The molecule has 2 aliphatic rings. The van der Waals surface area contributed by atoms with E-state index in [1.165, 1.54) is 0 Å². The fourth-order valence-electron chi connectivity index (χ4n) is 5.36. The molecule has 156 valence electrons. The van der Waals surface area contributed by atoms with E-state index in [1.807, 2.05) is 48.7 Å². The molecule has 0 spiro atoms. The first kappa shape index (κ1) is 17.6. The summed E-state index contributed by atoms with van der Waals surface area (Å²) in [7, 11) is 0. The summed E-state index contributed by atoms with van der Waals surface area (Å²) in [5, 5.41) is 4.63.